The maximum atomic E-state index is 2.37. The summed E-state index contributed by atoms with van der Waals surface area (Å²) in [6, 6.07) is 112. The summed E-state index contributed by atoms with van der Waals surface area (Å²) in [6.07, 6.45) is 0. The molecule has 0 amide bonds. The fourth-order valence-electron chi connectivity index (χ4n) is 10.1. The first kappa shape index (κ1) is 44.6. The van der Waals surface area contributed by atoms with Gasteiger partial charge in [0.05, 0.1) is 0 Å². The van der Waals surface area contributed by atoms with Crippen LogP contribution in [0.2, 0.25) is 0 Å². The number of benzene rings is 12. The quantitative estimate of drug-likeness (QED) is 0.118. The Morgan fingerprint density at radius 3 is 0.658 bits per heavy atom. The Bertz CT molecular complexity index is 3540. The summed E-state index contributed by atoms with van der Waals surface area (Å²) >= 11 is 0. The van der Waals surface area contributed by atoms with Crippen LogP contribution in [0.3, 0.4) is 0 Å². The minimum atomic E-state index is 1.08. The molecule has 0 saturated heterocycles. The highest BCUT2D eigenvalue weighted by Crippen LogP contribution is 2.41. The van der Waals surface area contributed by atoms with Gasteiger partial charge in [0.25, 0.3) is 0 Å². The molecule has 0 aromatic heterocycles. The normalized spacial score (nSPS) is 11.0. The zero-order chi connectivity index (χ0) is 48.8. The molecular weight excluding hydrogens is 879 g/mol. The van der Waals surface area contributed by atoms with E-state index in [1.807, 2.05) is 0 Å². The van der Waals surface area contributed by atoms with Gasteiger partial charge in [0.15, 0.2) is 0 Å². The molecule has 0 saturated carbocycles. The van der Waals surface area contributed by atoms with E-state index in [1.165, 1.54) is 100 Å². The third kappa shape index (κ3) is 9.56. The first-order valence-electron chi connectivity index (χ1n) is 25.1. The van der Waals surface area contributed by atoms with Crippen LogP contribution in [0.5, 0.6) is 0 Å². The van der Waals surface area contributed by atoms with E-state index in [0.29, 0.717) is 0 Å². The van der Waals surface area contributed by atoms with Crippen molar-refractivity contribution >= 4 is 17.1 Å². The molecule has 1 heteroatoms. The van der Waals surface area contributed by atoms with E-state index in [-0.39, 0.29) is 0 Å². The number of anilines is 3. The molecule has 0 N–H and O–H groups in total. The molecule has 12 aromatic rings. The molecule has 0 aliphatic heterocycles. The minimum absolute atomic E-state index is 1.08. The molecule has 0 unspecified atom stereocenters. The lowest BCUT2D eigenvalue weighted by atomic mass is 9.92. The van der Waals surface area contributed by atoms with Crippen molar-refractivity contribution in [2.24, 2.45) is 0 Å². The molecule has 12 rings (SSSR count). The minimum Gasteiger partial charge on any atom is -0.310 e. The molecule has 0 bridgehead atoms. The lowest BCUT2D eigenvalue weighted by Crippen LogP contribution is -2.10. The van der Waals surface area contributed by atoms with Gasteiger partial charge in [-0.05, 0) is 137 Å². The highest BCUT2D eigenvalue weighted by atomic mass is 15.1. The molecule has 1 nitrogen and oxygen atoms in total. The topological polar surface area (TPSA) is 3.24 Å². The van der Waals surface area contributed by atoms with Crippen molar-refractivity contribution in [2.75, 3.05) is 4.90 Å². The van der Waals surface area contributed by atoms with Crippen LogP contribution in [-0.4, -0.2) is 0 Å². The third-order valence-corrected chi connectivity index (χ3v) is 14.0. The van der Waals surface area contributed by atoms with Gasteiger partial charge in [-0.1, -0.05) is 273 Å². The molecule has 0 heterocycles. The average Bonchev–Trinajstić information content (AvgIpc) is 3.48. The number of hydrogen-bond acceptors (Lipinski definition) is 1. The molecule has 0 fully saturated rings. The zero-order valence-corrected chi connectivity index (χ0v) is 40.4. The summed E-state index contributed by atoms with van der Waals surface area (Å²) in [7, 11) is 0. The van der Waals surface area contributed by atoms with Crippen LogP contribution in [0, 0.1) is 0 Å². The van der Waals surface area contributed by atoms with Crippen LogP contribution in [0.25, 0.3) is 100 Å². The van der Waals surface area contributed by atoms with E-state index in [9.17, 15) is 0 Å². The fraction of sp³-hybridized carbons (Fsp3) is 0. The van der Waals surface area contributed by atoms with Crippen molar-refractivity contribution in [1.29, 1.82) is 0 Å². The van der Waals surface area contributed by atoms with Crippen molar-refractivity contribution in [1.82, 2.24) is 0 Å². The molecule has 344 valence electrons. The van der Waals surface area contributed by atoms with Gasteiger partial charge in [0.1, 0.15) is 0 Å². The van der Waals surface area contributed by atoms with Crippen LogP contribution in [0.1, 0.15) is 0 Å². The lowest BCUT2D eigenvalue weighted by Gasteiger charge is -2.26. The molecule has 0 atom stereocenters. The van der Waals surface area contributed by atoms with Gasteiger partial charge in [0.2, 0.25) is 0 Å². The summed E-state index contributed by atoms with van der Waals surface area (Å²) < 4.78 is 0. The zero-order valence-electron chi connectivity index (χ0n) is 40.4. The van der Waals surface area contributed by atoms with Crippen LogP contribution in [-0.2, 0) is 0 Å². The highest BCUT2D eigenvalue weighted by Gasteiger charge is 2.17. The summed E-state index contributed by atoms with van der Waals surface area (Å²) in [4.78, 5) is 2.37. The standard InChI is InChI=1S/C72H51N/c1-4-15-52(16-5-1)55-27-31-57(32-28-55)59-35-39-61(40-36-59)69-23-10-12-25-71(69)63-43-47-66(48-44-63)73(68-22-14-21-65(51-68)54-19-8-3-9-20-54)67-49-45-64(46-50-67)72-26-13-11-24-70(72)62-41-37-60(38-42-62)58-33-29-56(30-34-58)53-17-6-2-7-18-53/h1-51H. The number of rotatable bonds is 12. The predicted octanol–water partition coefficient (Wildman–Crippen LogP) is 20.2. The van der Waals surface area contributed by atoms with Gasteiger partial charge >= 0.3 is 0 Å². The molecule has 0 spiro atoms. The average molecular weight is 930 g/mol. The van der Waals surface area contributed by atoms with E-state index in [2.05, 4.69) is 314 Å². The Balaban J connectivity index is 0.833. The van der Waals surface area contributed by atoms with Gasteiger partial charge in [-0.15, -0.1) is 0 Å². The number of nitrogens with zero attached hydrogens (tertiary/aromatic N) is 1. The Morgan fingerprint density at radius 2 is 0.356 bits per heavy atom. The Kier molecular flexibility index (Phi) is 12.5. The van der Waals surface area contributed by atoms with Crippen molar-refractivity contribution in [2.45, 2.75) is 0 Å². The van der Waals surface area contributed by atoms with Gasteiger partial charge < -0.3 is 4.90 Å². The monoisotopic (exact) mass is 929 g/mol. The Morgan fingerprint density at radius 1 is 0.137 bits per heavy atom. The van der Waals surface area contributed by atoms with Crippen LogP contribution in [0.4, 0.5) is 17.1 Å². The molecule has 12 aromatic carbocycles. The van der Waals surface area contributed by atoms with Gasteiger partial charge in [-0.25, -0.2) is 0 Å². The fourth-order valence-corrected chi connectivity index (χ4v) is 10.1. The van der Waals surface area contributed by atoms with Crippen molar-refractivity contribution in [3.63, 3.8) is 0 Å². The van der Waals surface area contributed by atoms with Gasteiger partial charge in [0, 0.05) is 17.1 Å². The predicted molar refractivity (Wildman–Crippen MR) is 310 cm³/mol. The molecule has 73 heavy (non-hydrogen) atoms. The third-order valence-electron chi connectivity index (χ3n) is 14.0. The molecule has 0 aliphatic rings. The first-order chi connectivity index (χ1) is 36.2. The summed E-state index contributed by atoms with van der Waals surface area (Å²) in [5, 5.41) is 0. The van der Waals surface area contributed by atoms with Crippen LogP contribution in [0.15, 0.2) is 309 Å². The first-order valence-corrected chi connectivity index (χ1v) is 25.1. The summed E-state index contributed by atoms with van der Waals surface area (Å²) in [5.41, 5.74) is 24.8. The Labute approximate surface area is 429 Å². The van der Waals surface area contributed by atoms with E-state index in [0.717, 1.165) is 17.1 Å². The summed E-state index contributed by atoms with van der Waals surface area (Å²) in [5.74, 6) is 0. The van der Waals surface area contributed by atoms with Crippen molar-refractivity contribution in [3.05, 3.63) is 309 Å². The SMILES string of the molecule is c1ccc(-c2ccc(-c3ccc(-c4ccccc4-c4ccc(N(c5ccc(-c6ccccc6-c6ccc(-c7ccc(-c8ccccc8)cc7)cc6)cc5)c5cccc(-c6ccccc6)c5)cc4)cc3)cc2)cc1. The van der Waals surface area contributed by atoms with Crippen molar-refractivity contribution in [3.8, 4) is 100 Å². The molecular formula is C72H51N. The largest absolute Gasteiger partial charge is 0.310 e. The number of hydrogen-bond donors (Lipinski definition) is 0. The maximum absolute atomic E-state index is 2.37. The molecule has 0 radical (unpaired) electrons. The smallest absolute Gasteiger partial charge is 0.0467 e. The van der Waals surface area contributed by atoms with E-state index < -0.39 is 0 Å². The molecule has 0 aliphatic carbocycles. The Hall–Kier alpha value is -9.56. The van der Waals surface area contributed by atoms with E-state index in [4.69, 9.17) is 0 Å². The lowest BCUT2D eigenvalue weighted by molar-refractivity contribution is 1.28. The van der Waals surface area contributed by atoms with Crippen molar-refractivity contribution < 1.29 is 0 Å². The van der Waals surface area contributed by atoms with Crippen LogP contribution < -0.4 is 4.90 Å². The van der Waals surface area contributed by atoms with Gasteiger partial charge in [-0.2, -0.15) is 0 Å². The van der Waals surface area contributed by atoms with E-state index in [1.54, 1.807) is 0 Å². The second-order valence-electron chi connectivity index (χ2n) is 18.5. The maximum Gasteiger partial charge on any atom is 0.0467 e. The van der Waals surface area contributed by atoms with Crippen LogP contribution >= 0.6 is 0 Å². The van der Waals surface area contributed by atoms with Gasteiger partial charge in [-0.3, -0.25) is 0 Å². The highest BCUT2D eigenvalue weighted by molar-refractivity contribution is 5.89. The van der Waals surface area contributed by atoms with E-state index >= 15 is 0 Å². The summed E-state index contributed by atoms with van der Waals surface area (Å²) in [6.45, 7) is 0. The second kappa shape index (κ2) is 20.4. The second-order valence-corrected chi connectivity index (χ2v) is 18.5.